The standard InChI is InChI=1S/C7H8F3S/c1-11-6-4-2-3-5-7(8,9)10/h1-2,4,6H2. The van der Waals surface area contributed by atoms with Gasteiger partial charge in [-0.2, -0.15) is 24.9 Å². The number of alkyl halides is 3. The van der Waals surface area contributed by atoms with Crippen LogP contribution in [-0.2, 0) is 0 Å². The fourth-order valence-electron chi connectivity index (χ4n) is 0.425. The lowest BCUT2D eigenvalue weighted by Crippen LogP contribution is -2.01. The van der Waals surface area contributed by atoms with Gasteiger partial charge in [0.1, 0.15) is 0 Å². The van der Waals surface area contributed by atoms with E-state index in [0.29, 0.717) is 12.8 Å². The number of rotatable bonds is 3. The van der Waals surface area contributed by atoms with Gasteiger partial charge in [-0.3, -0.25) is 0 Å². The van der Waals surface area contributed by atoms with Gasteiger partial charge in [0, 0.05) is 18.6 Å². The third-order valence-electron chi connectivity index (χ3n) is 0.821. The van der Waals surface area contributed by atoms with Gasteiger partial charge in [-0.25, -0.2) is 0 Å². The van der Waals surface area contributed by atoms with Crippen molar-refractivity contribution in [3.63, 3.8) is 0 Å². The molecule has 0 aromatic carbocycles. The first-order chi connectivity index (χ1) is 5.06. The molecule has 0 spiro atoms. The van der Waals surface area contributed by atoms with Crippen LogP contribution in [-0.4, -0.2) is 11.9 Å². The Morgan fingerprint density at radius 3 is 2.45 bits per heavy atom. The van der Waals surface area contributed by atoms with E-state index in [-0.39, 0.29) is 0 Å². The number of hydrogen-bond donors (Lipinski definition) is 0. The Bertz CT molecular complexity index is 151. The molecule has 0 aliphatic heterocycles. The molecule has 1 radical (unpaired) electrons. The van der Waals surface area contributed by atoms with Gasteiger partial charge < -0.3 is 0 Å². The zero-order valence-corrected chi connectivity index (χ0v) is 6.69. The molecule has 0 nitrogen and oxygen atoms in total. The molecule has 0 N–H and O–H groups in total. The number of thioether (sulfide) groups is 1. The van der Waals surface area contributed by atoms with Crippen molar-refractivity contribution in [1.29, 1.82) is 0 Å². The molecule has 0 aliphatic carbocycles. The van der Waals surface area contributed by atoms with Crippen molar-refractivity contribution in [2.45, 2.75) is 19.0 Å². The third kappa shape index (κ3) is 9.70. The van der Waals surface area contributed by atoms with Crippen molar-refractivity contribution < 1.29 is 13.2 Å². The van der Waals surface area contributed by atoms with Crippen LogP contribution in [0.25, 0.3) is 0 Å². The molecule has 0 rings (SSSR count). The highest BCUT2D eigenvalue weighted by atomic mass is 32.2. The van der Waals surface area contributed by atoms with Crippen LogP contribution in [0.5, 0.6) is 0 Å². The maximum absolute atomic E-state index is 11.4. The molecule has 0 aromatic rings. The lowest BCUT2D eigenvalue weighted by atomic mass is 10.3. The van der Waals surface area contributed by atoms with E-state index in [1.807, 2.05) is 5.92 Å². The lowest BCUT2D eigenvalue weighted by Gasteiger charge is -1.92. The first kappa shape index (κ1) is 10.7. The highest BCUT2D eigenvalue weighted by Crippen LogP contribution is 2.12. The van der Waals surface area contributed by atoms with Gasteiger partial charge in [0.15, 0.2) is 0 Å². The van der Waals surface area contributed by atoms with E-state index < -0.39 is 6.18 Å². The molecular weight excluding hydrogens is 173 g/mol. The number of unbranched alkanes of at least 4 members (excludes halogenated alkanes) is 1. The fraction of sp³-hybridized carbons (Fsp3) is 0.571. The van der Waals surface area contributed by atoms with Gasteiger partial charge in [0.05, 0.1) is 0 Å². The number of halogens is 3. The summed E-state index contributed by atoms with van der Waals surface area (Å²) in [6, 6.07) is 0. The Balaban J connectivity index is 3.41. The van der Waals surface area contributed by atoms with E-state index in [0.717, 1.165) is 5.75 Å². The molecule has 0 aliphatic rings. The Labute approximate surface area is 68.5 Å². The Morgan fingerprint density at radius 2 is 2.00 bits per heavy atom. The summed E-state index contributed by atoms with van der Waals surface area (Å²) >= 11 is 1.36. The predicted octanol–water partition coefficient (Wildman–Crippen LogP) is 2.86. The minimum Gasteiger partial charge on any atom is -0.161 e. The monoisotopic (exact) mass is 181 g/mol. The Morgan fingerprint density at radius 1 is 1.36 bits per heavy atom. The summed E-state index contributed by atoms with van der Waals surface area (Å²) in [5.74, 6) is 4.00. The summed E-state index contributed by atoms with van der Waals surface area (Å²) in [5.41, 5.74) is 0. The van der Waals surface area contributed by atoms with Crippen LogP contribution in [0.15, 0.2) is 0 Å². The van der Waals surface area contributed by atoms with Gasteiger partial charge in [0.2, 0.25) is 0 Å². The maximum atomic E-state index is 11.4. The molecule has 11 heavy (non-hydrogen) atoms. The van der Waals surface area contributed by atoms with Crippen molar-refractivity contribution in [3.8, 4) is 11.8 Å². The average Bonchev–Trinajstić information content (AvgIpc) is 1.85. The fourth-order valence-corrected chi connectivity index (χ4v) is 0.774. The van der Waals surface area contributed by atoms with Gasteiger partial charge in [0.25, 0.3) is 0 Å². The molecule has 0 heterocycles. The Hall–Kier alpha value is -0.300. The van der Waals surface area contributed by atoms with Crippen LogP contribution in [0.3, 0.4) is 0 Å². The zero-order valence-electron chi connectivity index (χ0n) is 5.87. The van der Waals surface area contributed by atoms with Crippen molar-refractivity contribution in [2.75, 3.05) is 5.75 Å². The summed E-state index contributed by atoms with van der Waals surface area (Å²) in [4.78, 5) is 0. The Kier molecular flexibility index (Phi) is 5.22. The van der Waals surface area contributed by atoms with Gasteiger partial charge in [-0.1, -0.05) is 5.92 Å². The second kappa shape index (κ2) is 5.36. The van der Waals surface area contributed by atoms with E-state index in [9.17, 15) is 13.2 Å². The van der Waals surface area contributed by atoms with Crippen LogP contribution in [0, 0.1) is 18.1 Å². The quantitative estimate of drug-likeness (QED) is 0.476. The first-order valence-corrected chi connectivity index (χ1v) is 4.15. The second-order valence-corrected chi connectivity index (χ2v) is 2.63. The molecule has 0 aromatic heterocycles. The van der Waals surface area contributed by atoms with Crippen molar-refractivity contribution in [3.05, 3.63) is 6.26 Å². The molecule has 0 amide bonds. The van der Waals surface area contributed by atoms with Crippen LogP contribution in [0.1, 0.15) is 12.8 Å². The SMILES string of the molecule is [CH2]SCCCC#CC(F)(F)F. The molecular formula is C7H8F3S. The average molecular weight is 181 g/mol. The molecule has 63 valence electrons. The van der Waals surface area contributed by atoms with Crippen LogP contribution < -0.4 is 0 Å². The summed E-state index contributed by atoms with van der Waals surface area (Å²) in [5, 5.41) is 0. The minimum absolute atomic E-state index is 0.294. The van der Waals surface area contributed by atoms with E-state index in [1.165, 1.54) is 17.7 Å². The van der Waals surface area contributed by atoms with E-state index in [4.69, 9.17) is 0 Å². The smallest absolute Gasteiger partial charge is 0.161 e. The van der Waals surface area contributed by atoms with E-state index in [2.05, 4.69) is 6.26 Å². The molecule has 0 bridgehead atoms. The molecule has 4 heteroatoms. The van der Waals surface area contributed by atoms with Gasteiger partial charge in [-0.05, 0) is 12.2 Å². The van der Waals surface area contributed by atoms with Crippen LogP contribution in [0.4, 0.5) is 13.2 Å². The van der Waals surface area contributed by atoms with Crippen molar-refractivity contribution in [2.24, 2.45) is 0 Å². The summed E-state index contributed by atoms with van der Waals surface area (Å²) in [6.07, 6.45) is 0.100. The summed E-state index contributed by atoms with van der Waals surface area (Å²) < 4.78 is 34.1. The molecule has 0 unspecified atom stereocenters. The first-order valence-electron chi connectivity index (χ1n) is 3.00. The summed E-state index contributed by atoms with van der Waals surface area (Å²) in [6.45, 7) is 0. The highest BCUT2D eigenvalue weighted by Gasteiger charge is 2.22. The van der Waals surface area contributed by atoms with Gasteiger partial charge in [-0.15, -0.1) is 0 Å². The molecule has 0 saturated carbocycles. The van der Waals surface area contributed by atoms with Crippen molar-refractivity contribution >= 4 is 11.8 Å². The number of hydrogen-bond acceptors (Lipinski definition) is 1. The largest absolute Gasteiger partial charge is 0.457 e. The predicted molar refractivity (Wildman–Crippen MR) is 40.9 cm³/mol. The molecule has 0 saturated heterocycles. The van der Waals surface area contributed by atoms with Crippen LogP contribution in [0.2, 0.25) is 0 Å². The van der Waals surface area contributed by atoms with E-state index >= 15 is 0 Å². The van der Waals surface area contributed by atoms with Crippen LogP contribution >= 0.6 is 11.8 Å². The summed E-state index contributed by atoms with van der Waals surface area (Å²) in [7, 11) is 0. The highest BCUT2D eigenvalue weighted by molar-refractivity contribution is 8.00. The van der Waals surface area contributed by atoms with Gasteiger partial charge >= 0.3 is 6.18 Å². The molecule has 0 atom stereocenters. The lowest BCUT2D eigenvalue weighted by molar-refractivity contribution is -0.0697. The maximum Gasteiger partial charge on any atom is 0.457 e. The van der Waals surface area contributed by atoms with Crippen molar-refractivity contribution in [1.82, 2.24) is 0 Å². The normalized spacial score (nSPS) is 10.5. The molecule has 0 fully saturated rings. The minimum atomic E-state index is -4.34. The topological polar surface area (TPSA) is 0 Å². The zero-order chi connectivity index (χ0) is 8.74. The third-order valence-corrected chi connectivity index (χ3v) is 1.40. The second-order valence-electron chi connectivity index (χ2n) is 1.81. The van der Waals surface area contributed by atoms with E-state index in [1.54, 1.807) is 0 Å².